The van der Waals surface area contributed by atoms with Crippen LogP contribution in [0.15, 0.2) is 48.2 Å². The molecule has 0 N–H and O–H groups in total. The molecular weight excluding hydrogens is 192 g/mol. The monoisotopic (exact) mass is 200 g/mol. The van der Waals surface area contributed by atoms with Gasteiger partial charge >= 0.3 is 0 Å². The molecule has 3 aromatic rings. The van der Waals surface area contributed by atoms with Crippen molar-refractivity contribution in [2.75, 3.05) is 0 Å². The van der Waals surface area contributed by atoms with Gasteiger partial charge in [-0.05, 0) is 17.5 Å². The molecule has 0 bridgehead atoms. The maximum Gasteiger partial charge on any atom is 0.120 e. The van der Waals surface area contributed by atoms with Gasteiger partial charge in [0.2, 0.25) is 0 Å². The second-order valence-electron chi connectivity index (χ2n) is 3.08. The van der Waals surface area contributed by atoms with Gasteiger partial charge in [0.25, 0.3) is 0 Å². The van der Waals surface area contributed by atoms with Crippen molar-refractivity contribution in [3.63, 3.8) is 0 Å². The molecule has 3 heteroatoms. The number of hydrogen-bond acceptors (Lipinski definition) is 2. The van der Waals surface area contributed by atoms with Crippen LogP contribution < -0.4 is 0 Å². The van der Waals surface area contributed by atoms with Crippen molar-refractivity contribution in [2.45, 2.75) is 0 Å². The molecule has 0 fully saturated rings. The Labute approximate surface area is 85.4 Å². The lowest BCUT2D eigenvalue weighted by Crippen LogP contribution is -1.86. The van der Waals surface area contributed by atoms with Crippen LogP contribution in [0.1, 0.15) is 0 Å². The Bertz CT molecular complexity index is 551. The molecule has 0 saturated carbocycles. The highest BCUT2D eigenvalue weighted by molar-refractivity contribution is 7.12. The van der Waals surface area contributed by atoms with E-state index in [9.17, 15) is 0 Å². The van der Waals surface area contributed by atoms with Crippen LogP contribution in [-0.2, 0) is 0 Å². The zero-order chi connectivity index (χ0) is 9.38. The van der Waals surface area contributed by atoms with E-state index in [-0.39, 0.29) is 0 Å². The second kappa shape index (κ2) is 2.96. The Morgan fingerprint density at radius 2 is 2.07 bits per heavy atom. The molecule has 0 aliphatic carbocycles. The van der Waals surface area contributed by atoms with Crippen LogP contribution in [0.5, 0.6) is 0 Å². The molecule has 0 unspecified atom stereocenters. The largest absolute Gasteiger partial charge is 0.307 e. The number of thiazole rings is 1. The molecule has 0 saturated heterocycles. The van der Waals surface area contributed by atoms with Gasteiger partial charge in [-0.15, -0.1) is 11.3 Å². The lowest BCUT2D eigenvalue weighted by Gasteiger charge is -1.99. The molecule has 0 amide bonds. The van der Waals surface area contributed by atoms with Crippen molar-refractivity contribution >= 4 is 22.2 Å². The number of nitrogens with zero attached hydrogens (tertiary/aromatic N) is 2. The Morgan fingerprint density at radius 3 is 2.93 bits per heavy atom. The topological polar surface area (TPSA) is 17.8 Å². The second-order valence-corrected chi connectivity index (χ2v) is 3.95. The first kappa shape index (κ1) is 7.76. The maximum absolute atomic E-state index is 4.08. The molecular formula is C11H8N2S. The first-order chi connectivity index (χ1) is 6.95. The number of benzene rings is 1. The van der Waals surface area contributed by atoms with Crippen molar-refractivity contribution < 1.29 is 0 Å². The molecule has 2 aromatic heterocycles. The van der Waals surface area contributed by atoms with E-state index in [1.165, 1.54) is 10.9 Å². The van der Waals surface area contributed by atoms with Gasteiger partial charge in [-0.3, -0.25) is 4.98 Å². The van der Waals surface area contributed by atoms with Crippen molar-refractivity contribution in [3.8, 4) is 5.00 Å². The minimum absolute atomic E-state index is 1.16. The SMILES string of the molecule is c1ccc2c(c1)ccn2-c1cncs1. The predicted molar refractivity (Wildman–Crippen MR) is 58.9 cm³/mol. The number of hydrogen-bond donors (Lipinski definition) is 0. The van der Waals surface area contributed by atoms with Crippen LogP contribution in [-0.4, -0.2) is 9.55 Å². The van der Waals surface area contributed by atoms with Gasteiger partial charge in [-0.1, -0.05) is 18.2 Å². The molecule has 0 aliphatic rings. The zero-order valence-corrected chi connectivity index (χ0v) is 8.24. The molecule has 0 radical (unpaired) electrons. The first-order valence-corrected chi connectivity index (χ1v) is 5.28. The lowest BCUT2D eigenvalue weighted by atomic mass is 10.2. The van der Waals surface area contributed by atoms with Crippen LogP contribution in [0.3, 0.4) is 0 Å². The third-order valence-electron chi connectivity index (χ3n) is 2.26. The van der Waals surface area contributed by atoms with E-state index >= 15 is 0 Å². The highest BCUT2D eigenvalue weighted by atomic mass is 32.1. The number of para-hydroxylation sites is 1. The molecule has 0 aliphatic heterocycles. The molecule has 0 atom stereocenters. The molecule has 68 valence electrons. The van der Waals surface area contributed by atoms with Crippen molar-refractivity contribution in [2.24, 2.45) is 0 Å². The van der Waals surface area contributed by atoms with Crippen molar-refractivity contribution in [1.82, 2.24) is 9.55 Å². The molecule has 2 nitrogen and oxygen atoms in total. The van der Waals surface area contributed by atoms with Crippen LogP contribution in [0, 0.1) is 0 Å². The summed E-state index contributed by atoms with van der Waals surface area (Å²) in [5, 5.41) is 2.42. The molecule has 2 heterocycles. The molecule has 1 aromatic carbocycles. The smallest absolute Gasteiger partial charge is 0.120 e. The van der Waals surface area contributed by atoms with Gasteiger partial charge < -0.3 is 4.57 Å². The fourth-order valence-corrected chi connectivity index (χ4v) is 2.23. The van der Waals surface area contributed by atoms with Crippen molar-refractivity contribution in [1.29, 1.82) is 0 Å². The average Bonchev–Trinajstić information content (AvgIpc) is 2.85. The quantitative estimate of drug-likeness (QED) is 0.590. The standard InChI is InChI=1S/C11H8N2S/c1-2-4-10-9(3-1)5-6-13(10)11-7-12-8-14-11/h1-8H. The van der Waals surface area contributed by atoms with E-state index in [4.69, 9.17) is 0 Å². The Morgan fingerprint density at radius 1 is 1.14 bits per heavy atom. The molecule has 0 spiro atoms. The summed E-state index contributed by atoms with van der Waals surface area (Å²) >= 11 is 1.65. The molecule has 3 rings (SSSR count). The number of rotatable bonds is 1. The number of aromatic nitrogens is 2. The van der Waals surface area contributed by atoms with Gasteiger partial charge in [0.1, 0.15) is 5.00 Å². The minimum Gasteiger partial charge on any atom is -0.307 e. The summed E-state index contributed by atoms with van der Waals surface area (Å²) in [5.74, 6) is 0. The Balaban J connectivity index is 2.33. The highest BCUT2D eigenvalue weighted by Gasteiger charge is 2.02. The minimum atomic E-state index is 1.16. The summed E-state index contributed by atoms with van der Waals surface area (Å²) in [5.41, 5.74) is 3.08. The van der Waals surface area contributed by atoms with E-state index in [0.717, 1.165) is 5.00 Å². The zero-order valence-electron chi connectivity index (χ0n) is 7.42. The summed E-state index contributed by atoms with van der Waals surface area (Å²) in [6.45, 7) is 0. The summed E-state index contributed by atoms with van der Waals surface area (Å²) in [7, 11) is 0. The third-order valence-corrected chi connectivity index (χ3v) is 3.03. The fourth-order valence-electron chi connectivity index (χ4n) is 1.60. The van der Waals surface area contributed by atoms with E-state index < -0.39 is 0 Å². The summed E-state index contributed by atoms with van der Waals surface area (Å²) < 4.78 is 2.16. The maximum atomic E-state index is 4.08. The Kier molecular flexibility index (Phi) is 1.64. The highest BCUT2D eigenvalue weighted by Crippen LogP contribution is 2.21. The van der Waals surface area contributed by atoms with Gasteiger partial charge in [0, 0.05) is 6.20 Å². The van der Waals surface area contributed by atoms with E-state index in [0.29, 0.717) is 0 Å². The van der Waals surface area contributed by atoms with E-state index in [1.807, 2.05) is 11.7 Å². The predicted octanol–water partition coefficient (Wildman–Crippen LogP) is 3.09. The van der Waals surface area contributed by atoms with E-state index in [1.54, 1.807) is 11.3 Å². The average molecular weight is 200 g/mol. The van der Waals surface area contributed by atoms with Gasteiger partial charge in [0.05, 0.1) is 17.2 Å². The third kappa shape index (κ3) is 1.06. The normalized spacial score (nSPS) is 10.9. The van der Waals surface area contributed by atoms with Gasteiger partial charge in [-0.25, -0.2) is 0 Å². The van der Waals surface area contributed by atoms with Gasteiger partial charge in [-0.2, -0.15) is 0 Å². The Hall–Kier alpha value is -1.61. The van der Waals surface area contributed by atoms with Crippen LogP contribution in [0.25, 0.3) is 15.9 Å². The van der Waals surface area contributed by atoms with Crippen LogP contribution in [0.4, 0.5) is 0 Å². The fraction of sp³-hybridized carbons (Fsp3) is 0. The van der Waals surface area contributed by atoms with E-state index in [2.05, 4.69) is 46.1 Å². The number of fused-ring (bicyclic) bond motifs is 1. The molecule has 14 heavy (non-hydrogen) atoms. The van der Waals surface area contributed by atoms with Gasteiger partial charge in [0.15, 0.2) is 0 Å². The first-order valence-electron chi connectivity index (χ1n) is 4.40. The lowest BCUT2D eigenvalue weighted by molar-refractivity contribution is 1.15. The van der Waals surface area contributed by atoms with Crippen LogP contribution >= 0.6 is 11.3 Å². The summed E-state index contributed by atoms with van der Waals surface area (Å²) in [6, 6.07) is 10.5. The van der Waals surface area contributed by atoms with Crippen molar-refractivity contribution in [3.05, 3.63) is 48.2 Å². The summed E-state index contributed by atoms with van der Waals surface area (Å²) in [6.07, 6.45) is 3.97. The summed E-state index contributed by atoms with van der Waals surface area (Å²) in [4.78, 5) is 4.08. The van der Waals surface area contributed by atoms with Crippen LogP contribution in [0.2, 0.25) is 0 Å².